The Balaban J connectivity index is 1.48. The van der Waals surface area contributed by atoms with Crippen LogP contribution in [0, 0.1) is 11.8 Å². The number of ketones is 1. The quantitative estimate of drug-likeness (QED) is 0.543. The first-order valence-electron chi connectivity index (χ1n) is 9.12. The molecule has 5 atom stereocenters. The minimum Gasteiger partial charge on any atom is -0.508 e. The Kier molecular flexibility index (Phi) is 5.94. The molecule has 1 aromatic rings. The number of hydrogen-bond donors (Lipinski definition) is 2. The van der Waals surface area contributed by atoms with Crippen molar-refractivity contribution in [2.45, 2.75) is 38.1 Å². The van der Waals surface area contributed by atoms with Crippen LogP contribution in [0.1, 0.15) is 25.3 Å². The van der Waals surface area contributed by atoms with Crippen molar-refractivity contribution in [1.29, 1.82) is 0 Å². The van der Waals surface area contributed by atoms with Crippen LogP contribution >= 0.6 is 0 Å². The largest absolute Gasteiger partial charge is 0.508 e. The van der Waals surface area contributed by atoms with Gasteiger partial charge in [0.05, 0.1) is 6.10 Å². The van der Waals surface area contributed by atoms with E-state index >= 15 is 0 Å². The molecule has 1 fully saturated rings. The average molecular weight is 386 g/mol. The molecule has 0 aromatic heterocycles. The van der Waals surface area contributed by atoms with E-state index in [1.54, 1.807) is 18.2 Å². The number of aliphatic hydroxyl groups is 1. The van der Waals surface area contributed by atoms with Gasteiger partial charge in [-0.1, -0.05) is 18.2 Å². The maximum absolute atomic E-state index is 12.5. The standard InChI is InChI=1S/C21H22O7/c1-12(27-19(24)10-7-13-5-8-14(22)9-6-13)20(25)15-11-16(15)21(26)17-3-2-4-18(23)28-17/h2,4-10,12,15-17,21-22,26H,3,11H2,1H3/t12?,15-,16-,17+,21-/m0/s1. The number of phenols is 1. The molecule has 1 saturated carbocycles. The number of aliphatic hydroxyl groups excluding tert-OH is 1. The SMILES string of the molecule is CC(OC(=O)C=Cc1ccc(O)cc1)C(=O)[C@H]1C[C@@H]1[C@H](O)[C@H]1CC=CC(=O)O1. The van der Waals surface area contributed by atoms with Crippen LogP contribution in [0.25, 0.3) is 6.08 Å². The van der Waals surface area contributed by atoms with Gasteiger partial charge in [0.25, 0.3) is 0 Å². The number of carbonyl (C=O) groups is 3. The van der Waals surface area contributed by atoms with Crippen LogP contribution in [0.2, 0.25) is 0 Å². The molecule has 1 heterocycles. The highest BCUT2D eigenvalue weighted by atomic mass is 16.6. The summed E-state index contributed by atoms with van der Waals surface area (Å²) in [5.41, 5.74) is 0.704. The molecule has 1 aromatic carbocycles. The summed E-state index contributed by atoms with van der Waals surface area (Å²) in [6.45, 7) is 1.50. The van der Waals surface area contributed by atoms with Gasteiger partial charge in [0.1, 0.15) is 11.9 Å². The fourth-order valence-corrected chi connectivity index (χ4v) is 3.26. The first kappa shape index (κ1) is 19.8. The van der Waals surface area contributed by atoms with Crippen molar-refractivity contribution in [2.75, 3.05) is 0 Å². The Morgan fingerprint density at radius 1 is 1.29 bits per heavy atom. The number of aromatic hydroxyl groups is 1. The number of rotatable bonds is 7. The number of phenolic OH excluding ortho intramolecular Hbond substituents is 1. The number of esters is 2. The number of carbonyl (C=O) groups excluding carboxylic acids is 3. The van der Waals surface area contributed by atoms with E-state index in [4.69, 9.17) is 9.47 Å². The summed E-state index contributed by atoms with van der Waals surface area (Å²) >= 11 is 0. The molecule has 3 rings (SSSR count). The van der Waals surface area contributed by atoms with Crippen molar-refractivity contribution in [1.82, 2.24) is 0 Å². The van der Waals surface area contributed by atoms with Crippen LogP contribution in [0.15, 0.2) is 42.5 Å². The maximum Gasteiger partial charge on any atom is 0.331 e. The van der Waals surface area contributed by atoms with Crippen LogP contribution in [0.3, 0.4) is 0 Å². The second-order valence-corrected chi connectivity index (χ2v) is 7.02. The van der Waals surface area contributed by atoms with Crippen molar-refractivity contribution in [3.8, 4) is 5.75 Å². The second-order valence-electron chi connectivity index (χ2n) is 7.02. The van der Waals surface area contributed by atoms with Gasteiger partial charge in [0.15, 0.2) is 11.9 Å². The maximum atomic E-state index is 12.5. The van der Waals surface area contributed by atoms with E-state index in [2.05, 4.69) is 0 Å². The lowest BCUT2D eigenvalue weighted by Crippen LogP contribution is -2.35. The Bertz CT molecular complexity index is 809. The van der Waals surface area contributed by atoms with Crippen molar-refractivity contribution < 1.29 is 34.1 Å². The average Bonchev–Trinajstić information content (AvgIpc) is 3.47. The topological polar surface area (TPSA) is 110 Å². The Morgan fingerprint density at radius 3 is 2.68 bits per heavy atom. The first-order chi connectivity index (χ1) is 13.3. The van der Waals surface area contributed by atoms with E-state index in [0.717, 1.165) is 0 Å². The first-order valence-corrected chi connectivity index (χ1v) is 9.12. The van der Waals surface area contributed by atoms with E-state index < -0.39 is 36.2 Å². The van der Waals surface area contributed by atoms with Crippen LogP contribution in [-0.2, 0) is 23.9 Å². The zero-order valence-electron chi connectivity index (χ0n) is 15.4. The van der Waals surface area contributed by atoms with Crippen molar-refractivity contribution in [2.24, 2.45) is 11.8 Å². The fourth-order valence-electron chi connectivity index (χ4n) is 3.26. The van der Waals surface area contributed by atoms with E-state index in [-0.39, 0.29) is 17.5 Å². The van der Waals surface area contributed by atoms with Gasteiger partial charge < -0.3 is 19.7 Å². The predicted octanol–water partition coefficient (Wildman–Crippen LogP) is 1.77. The molecule has 0 spiro atoms. The zero-order chi connectivity index (χ0) is 20.3. The third kappa shape index (κ3) is 4.86. The molecule has 0 saturated heterocycles. The molecule has 0 amide bonds. The smallest absolute Gasteiger partial charge is 0.331 e. The van der Waals surface area contributed by atoms with E-state index in [1.807, 2.05) is 0 Å². The summed E-state index contributed by atoms with van der Waals surface area (Å²) in [4.78, 5) is 35.7. The molecule has 2 N–H and O–H groups in total. The minimum absolute atomic E-state index is 0.124. The lowest BCUT2D eigenvalue weighted by atomic mass is 10.0. The lowest BCUT2D eigenvalue weighted by Gasteiger charge is -2.24. The molecule has 7 nitrogen and oxygen atoms in total. The molecule has 7 heteroatoms. The van der Waals surface area contributed by atoms with Crippen LogP contribution in [-0.4, -0.2) is 46.2 Å². The van der Waals surface area contributed by atoms with Gasteiger partial charge in [0.2, 0.25) is 0 Å². The Labute approximate surface area is 162 Å². The zero-order valence-corrected chi connectivity index (χ0v) is 15.4. The molecule has 0 radical (unpaired) electrons. The highest BCUT2D eigenvalue weighted by molar-refractivity contribution is 5.93. The Morgan fingerprint density at radius 2 is 2.00 bits per heavy atom. The van der Waals surface area contributed by atoms with Crippen LogP contribution in [0.4, 0.5) is 0 Å². The number of Topliss-reactive ketones (excluding diaryl/α,β-unsaturated/α-hetero) is 1. The van der Waals surface area contributed by atoms with E-state index in [1.165, 1.54) is 37.3 Å². The monoisotopic (exact) mass is 386 g/mol. The van der Waals surface area contributed by atoms with Gasteiger partial charge in [-0.25, -0.2) is 9.59 Å². The normalized spacial score (nSPS) is 25.8. The molecule has 148 valence electrons. The van der Waals surface area contributed by atoms with Crippen molar-refractivity contribution in [3.63, 3.8) is 0 Å². The van der Waals surface area contributed by atoms with Gasteiger partial charge in [-0.05, 0) is 43.0 Å². The molecular formula is C21H22O7. The number of benzene rings is 1. The third-order valence-electron chi connectivity index (χ3n) is 4.91. The van der Waals surface area contributed by atoms with E-state index in [9.17, 15) is 24.6 Å². The second kappa shape index (κ2) is 8.39. The molecule has 1 aliphatic heterocycles. The third-order valence-corrected chi connectivity index (χ3v) is 4.91. The molecule has 2 aliphatic rings. The fraction of sp³-hybridized carbons (Fsp3) is 0.381. The van der Waals surface area contributed by atoms with Crippen LogP contribution in [0.5, 0.6) is 5.75 Å². The summed E-state index contributed by atoms with van der Waals surface area (Å²) in [7, 11) is 0. The summed E-state index contributed by atoms with van der Waals surface area (Å²) in [5, 5.41) is 19.6. The van der Waals surface area contributed by atoms with Crippen molar-refractivity contribution in [3.05, 3.63) is 48.1 Å². The van der Waals surface area contributed by atoms with Crippen LogP contribution < -0.4 is 0 Å². The Hall–Kier alpha value is -2.93. The predicted molar refractivity (Wildman–Crippen MR) is 98.9 cm³/mol. The van der Waals surface area contributed by atoms with Gasteiger partial charge in [0, 0.05) is 24.5 Å². The van der Waals surface area contributed by atoms with Crippen molar-refractivity contribution >= 4 is 23.8 Å². The number of hydrogen-bond acceptors (Lipinski definition) is 7. The summed E-state index contributed by atoms with van der Waals surface area (Å²) in [6, 6.07) is 6.26. The van der Waals surface area contributed by atoms with Gasteiger partial charge in [-0.15, -0.1) is 0 Å². The summed E-state index contributed by atoms with van der Waals surface area (Å²) in [6.07, 6.45) is 4.08. The molecule has 1 aliphatic carbocycles. The van der Waals surface area contributed by atoms with Gasteiger partial charge in [-0.3, -0.25) is 4.79 Å². The molecule has 0 bridgehead atoms. The summed E-state index contributed by atoms with van der Waals surface area (Å²) < 4.78 is 10.2. The number of ether oxygens (including phenoxy) is 2. The molecular weight excluding hydrogens is 364 g/mol. The lowest BCUT2D eigenvalue weighted by molar-refractivity contribution is -0.152. The molecule has 1 unspecified atom stereocenters. The minimum atomic E-state index is -0.937. The summed E-state index contributed by atoms with van der Waals surface area (Å²) in [5.74, 6) is -2.00. The van der Waals surface area contributed by atoms with E-state index in [0.29, 0.717) is 18.4 Å². The number of cyclic esters (lactones) is 1. The van der Waals surface area contributed by atoms with Gasteiger partial charge in [-0.2, -0.15) is 0 Å². The molecule has 28 heavy (non-hydrogen) atoms. The highest BCUT2D eigenvalue weighted by Crippen LogP contribution is 2.44. The highest BCUT2D eigenvalue weighted by Gasteiger charge is 2.51. The van der Waals surface area contributed by atoms with Gasteiger partial charge >= 0.3 is 11.9 Å².